The number of carbonyl (C=O) groups excluding carboxylic acids is 2. The molecule has 0 aliphatic heterocycles. The lowest BCUT2D eigenvalue weighted by Crippen LogP contribution is -2.29. The van der Waals surface area contributed by atoms with Crippen LogP contribution in [0.15, 0.2) is 18.5 Å². The van der Waals surface area contributed by atoms with Crippen molar-refractivity contribution in [2.24, 2.45) is 5.92 Å². The summed E-state index contributed by atoms with van der Waals surface area (Å²) >= 11 is 0. The van der Waals surface area contributed by atoms with Crippen molar-refractivity contribution >= 4 is 11.8 Å². The van der Waals surface area contributed by atoms with Gasteiger partial charge >= 0.3 is 0 Å². The van der Waals surface area contributed by atoms with Crippen LogP contribution in [0, 0.1) is 5.92 Å². The monoisotopic (exact) mass is 306 g/mol. The van der Waals surface area contributed by atoms with E-state index in [1.54, 1.807) is 6.07 Å². The largest absolute Gasteiger partial charge is 0.352 e. The molecule has 0 bridgehead atoms. The van der Waals surface area contributed by atoms with Crippen molar-refractivity contribution in [3.05, 3.63) is 29.6 Å². The lowest BCUT2D eigenvalue weighted by atomic mass is 10.1. The van der Waals surface area contributed by atoms with Gasteiger partial charge in [-0.1, -0.05) is 13.8 Å². The number of amides is 2. The Morgan fingerprint density at radius 3 is 2.27 bits per heavy atom. The van der Waals surface area contributed by atoms with Crippen molar-refractivity contribution in [3.63, 3.8) is 0 Å². The third kappa shape index (κ3) is 6.67. The Hall–Kier alpha value is -1.95. The van der Waals surface area contributed by atoms with Crippen LogP contribution in [0.4, 0.5) is 0 Å². The third-order valence-electron chi connectivity index (χ3n) is 3.00. The molecule has 1 heterocycles. The molecular weight excluding hydrogens is 280 g/mol. The van der Waals surface area contributed by atoms with Crippen LogP contribution in [0.5, 0.6) is 0 Å². The fourth-order valence-electron chi connectivity index (χ4n) is 1.79. The molecule has 0 aliphatic carbocycles. The molecule has 122 valence electrons. The summed E-state index contributed by atoms with van der Waals surface area (Å²) < 4.78 is 0. The topological polar surface area (TPSA) is 74.3 Å². The molecule has 2 amide bonds. The Kier molecular flexibility index (Phi) is 7.52. The van der Waals surface area contributed by atoms with Crippen LogP contribution in [-0.2, 0) is 0 Å². The first-order valence-corrected chi connectivity index (χ1v) is 7.56. The molecule has 2 N–H and O–H groups in total. The van der Waals surface area contributed by atoms with E-state index in [1.165, 1.54) is 12.4 Å². The molecule has 6 nitrogen and oxygen atoms in total. The second-order valence-electron chi connectivity index (χ2n) is 5.98. The first-order chi connectivity index (χ1) is 10.4. The fraction of sp³-hybridized carbons (Fsp3) is 0.562. The van der Waals surface area contributed by atoms with E-state index in [0.29, 0.717) is 30.1 Å². The highest BCUT2D eigenvalue weighted by molar-refractivity contribution is 5.99. The van der Waals surface area contributed by atoms with Crippen LogP contribution < -0.4 is 10.6 Å². The maximum atomic E-state index is 12.0. The minimum absolute atomic E-state index is 0.204. The molecular formula is C16H26N4O2. The first kappa shape index (κ1) is 18.1. The molecule has 1 aromatic rings. The summed E-state index contributed by atoms with van der Waals surface area (Å²) in [6, 6.07) is 1.57. The van der Waals surface area contributed by atoms with E-state index in [1.807, 2.05) is 27.9 Å². The van der Waals surface area contributed by atoms with Gasteiger partial charge in [-0.25, -0.2) is 0 Å². The Morgan fingerprint density at radius 2 is 1.73 bits per heavy atom. The van der Waals surface area contributed by atoms with Gasteiger partial charge in [-0.2, -0.15) is 0 Å². The van der Waals surface area contributed by atoms with Gasteiger partial charge in [-0.15, -0.1) is 0 Å². The molecule has 1 aromatic heterocycles. The van der Waals surface area contributed by atoms with Crippen molar-refractivity contribution in [2.45, 2.75) is 20.3 Å². The Labute approximate surface area is 132 Å². The molecule has 0 fully saturated rings. The maximum Gasteiger partial charge on any atom is 0.252 e. The summed E-state index contributed by atoms with van der Waals surface area (Å²) in [5, 5.41) is 5.65. The fourth-order valence-corrected chi connectivity index (χ4v) is 1.79. The second-order valence-corrected chi connectivity index (χ2v) is 5.98. The van der Waals surface area contributed by atoms with E-state index >= 15 is 0 Å². The van der Waals surface area contributed by atoms with Gasteiger partial charge in [0.05, 0.1) is 11.1 Å². The minimum Gasteiger partial charge on any atom is -0.352 e. The van der Waals surface area contributed by atoms with E-state index in [4.69, 9.17) is 0 Å². The summed E-state index contributed by atoms with van der Waals surface area (Å²) in [7, 11) is 3.98. The van der Waals surface area contributed by atoms with Crippen LogP contribution in [0.1, 0.15) is 41.0 Å². The highest BCUT2D eigenvalue weighted by Gasteiger charge is 2.11. The average Bonchev–Trinajstić information content (AvgIpc) is 2.48. The average molecular weight is 306 g/mol. The van der Waals surface area contributed by atoms with E-state index < -0.39 is 0 Å². The first-order valence-electron chi connectivity index (χ1n) is 7.56. The van der Waals surface area contributed by atoms with Crippen molar-refractivity contribution in [1.82, 2.24) is 20.5 Å². The lowest BCUT2D eigenvalue weighted by Gasteiger charge is -2.10. The van der Waals surface area contributed by atoms with E-state index in [-0.39, 0.29) is 11.8 Å². The summed E-state index contributed by atoms with van der Waals surface area (Å²) in [5.74, 6) is -0.0340. The zero-order chi connectivity index (χ0) is 16.5. The summed E-state index contributed by atoms with van der Waals surface area (Å²) in [6.07, 6.45) is 3.82. The zero-order valence-corrected chi connectivity index (χ0v) is 13.8. The second kappa shape index (κ2) is 9.15. The summed E-state index contributed by atoms with van der Waals surface area (Å²) in [5.41, 5.74) is 0.809. The van der Waals surface area contributed by atoms with Crippen molar-refractivity contribution in [3.8, 4) is 0 Å². The summed E-state index contributed by atoms with van der Waals surface area (Å²) in [4.78, 5) is 30.0. The smallest absolute Gasteiger partial charge is 0.252 e. The molecule has 0 unspecified atom stereocenters. The summed E-state index contributed by atoms with van der Waals surface area (Å²) in [6.45, 7) is 6.16. The van der Waals surface area contributed by atoms with Gasteiger partial charge in [0.1, 0.15) is 0 Å². The minimum atomic E-state index is -0.205. The molecule has 0 atom stereocenters. The molecule has 22 heavy (non-hydrogen) atoms. The number of nitrogens with one attached hydrogen (secondary N) is 2. The van der Waals surface area contributed by atoms with Crippen molar-refractivity contribution < 1.29 is 9.59 Å². The normalized spacial score (nSPS) is 10.8. The lowest BCUT2D eigenvalue weighted by molar-refractivity contribution is 0.0948. The van der Waals surface area contributed by atoms with Gasteiger partial charge in [0.15, 0.2) is 0 Å². The van der Waals surface area contributed by atoms with E-state index in [9.17, 15) is 9.59 Å². The molecule has 6 heteroatoms. The van der Waals surface area contributed by atoms with E-state index in [2.05, 4.69) is 20.5 Å². The number of aromatic nitrogens is 1. The number of rotatable bonds is 8. The molecule has 1 rings (SSSR count). The molecule has 0 aromatic carbocycles. The van der Waals surface area contributed by atoms with Gasteiger partial charge in [0, 0.05) is 25.5 Å². The Bertz CT molecular complexity index is 501. The van der Waals surface area contributed by atoms with Gasteiger partial charge in [0.2, 0.25) is 0 Å². The number of hydrogen-bond donors (Lipinski definition) is 2. The molecule has 0 aliphatic rings. The highest BCUT2D eigenvalue weighted by atomic mass is 16.2. The van der Waals surface area contributed by atoms with Gasteiger partial charge in [-0.05, 0) is 39.0 Å². The molecule has 0 spiro atoms. The number of pyridine rings is 1. The van der Waals surface area contributed by atoms with Crippen LogP contribution in [0.3, 0.4) is 0 Å². The number of nitrogens with zero attached hydrogens (tertiary/aromatic N) is 2. The van der Waals surface area contributed by atoms with Crippen LogP contribution in [-0.4, -0.2) is 55.4 Å². The number of carbonyl (C=O) groups is 2. The highest BCUT2D eigenvalue weighted by Crippen LogP contribution is 2.03. The predicted molar refractivity (Wildman–Crippen MR) is 86.9 cm³/mol. The van der Waals surface area contributed by atoms with Crippen molar-refractivity contribution in [2.75, 3.05) is 33.7 Å². The maximum absolute atomic E-state index is 12.0. The van der Waals surface area contributed by atoms with Gasteiger partial charge in [-0.3, -0.25) is 14.6 Å². The quantitative estimate of drug-likeness (QED) is 0.707. The number of hydrogen-bond acceptors (Lipinski definition) is 4. The van der Waals surface area contributed by atoms with Gasteiger partial charge in [0.25, 0.3) is 11.8 Å². The van der Waals surface area contributed by atoms with Gasteiger partial charge < -0.3 is 15.5 Å². The van der Waals surface area contributed by atoms with E-state index in [0.717, 1.165) is 13.0 Å². The van der Waals surface area contributed by atoms with Crippen LogP contribution in [0.25, 0.3) is 0 Å². The third-order valence-corrected chi connectivity index (χ3v) is 3.00. The SMILES string of the molecule is CC(C)CNC(=O)c1cncc(C(=O)NCCCN(C)C)c1. The van der Waals surface area contributed by atoms with Crippen LogP contribution in [0.2, 0.25) is 0 Å². The molecule has 0 radical (unpaired) electrons. The molecule has 0 saturated heterocycles. The molecule has 0 saturated carbocycles. The van der Waals surface area contributed by atoms with Crippen LogP contribution >= 0.6 is 0 Å². The Morgan fingerprint density at radius 1 is 1.14 bits per heavy atom. The zero-order valence-electron chi connectivity index (χ0n) is 13.8. The Balaban J connectivity index is 2.55. The standard InChI is InChI=1S/C16H26N4O2/c1-12(2)9-19-16(22)14-8-13(10-17-11-14)15(21)18-6-5-7-20(3)4/h8,10-12H,5-7,9H2,1-4H3,(H,18,21)(H,19,22). The van der Waals surface area contributed by atoms with Crippen molar-refractivity contribution in [1.29, 1.82) is 0 Å². The predicted octanol–water partition coefficient (Wildman–Crippen LogP) is 1.15.